The van der Waals surface area contributed by atoms with E-state index in [9.17, 15) is 0 Å². The summed E-state index contributed by atoms with van der Waals surface area (Å²) in [5.74, 6) is 0.837. The van der Waals surface area contributed by atoms with Crippen molar-refractivity contribution in [3.05, 3.63) is 0 Å². The molecule has 0 unspecified atom stereocenters. The first-order chi connectivity index (χ1) is 4.77. The molecule has 58 valence electrons. The highest BCUT2D eigenvalue weighted by Gasteiger charge is 2.55. The van der Waals surface area contributed by atoms with E-state index in [4.69, 9.17) is 9.84 Å². The molecule has 2 nitrogen and oxygen atoms in total. The minimum atomic E-state index is 0.143. The van der Waals surface area contributed by atoms with Crippen molar-refractivity contribution in [2.45, 2.75) is 25.9 Å². The van der Waals surface area contributed by atoms with E-state index in [2.05, 4.69) is 6.92 Å². The van der Waals surface area contributed by atoms with Crippen molar-refractivity contribution in [2.75, 3.05) is 13.2 Å². The van der Waals surface area contributed by atoms with Crippen LogP contribution in [0.5, 0.6) is 0 Å². The topological polar surface area (TPSA) is 29.5 Å². The normalized spacial score (nSPS) is 52.2. The molecule has 1 spiro atoms. The molecule has 10 heavy (non-hydrogen) atoms. The standard InChI is InChI=1S/C8H14O2/c1-6-2-8(6)3-7(4-9)10-5-8/h6-7,9H,2-5H2,1H3/t6-,7+,8+/m1/s1. The SMILES string of the molecule is C[C@@H]1C[C@]12CO[C@H](CO)C2. The summed E-state index contributed by atoms with van der Waals surface area (Å²) in [6.07, 6.45) is 2.54. The molecule has 1 saturated heterocycles. The maximum absolute atomic E-state index is 8.79. The lowest BCUT2D eigenvalue weighted by Crippen LogP contribution is -2.10. The van der Waals surface area contributed by atoms with Gasteiger partial charge in [0.15, 0.2) is 0 Å². The molecule has 1 saturated carbocycles. The van der Waals surface area contributed by atoms with Crippen LogP contribution in [0, 0.1) is 11.3 Å². The third kappa shape index (κ3) is 0.789. The molecule has 0 bridgehead atoms. The van der Waals surface area contributed by atoms with Gasteiger partial charge < -0.3 is 9.84 Å². The highest BCUT2D eigenvalue weighted by molar-refractivity contribution is 5.04. The molecule has 2 rings (SSSR count). The van der Waals surface area contributed by atoms with Crippen LogP contribution in [0.15, 0.2) is 0 Å². The molecule has 0 aromatic heterocycles. The second-order valence-corrected chi connectivity index (χ2v) is 3.79. The first kappa shape index (κ1) is 6.62. The number of ether oxygens (including phenoxy) is 1. The fraction of sp³-hybridized carbons (Fsp3) is 1.00. The predicted octanol–water partition coefficient (Wildman–Crippen LogP) is 0.794. The van der Waals surface area contributed by atoms with E-state index in [1.54, 1.807) is 0 Å². The van der Waals surface area contributed by atoms with E-state index in [1.165, 1.54) is 6.42 Å². The molecule has 1 N–H and O–H groups in total. The maximum atomic E-state index is 8.79. The van der Waals surface area contributed by atoms with Gasteiger partial charge in [0, 0.05) is 0 Å². The van der Waals surface area contributed by atoms with E-state index in [0.29, 0.717) is 5.41 Å². The molecule has 1 aliphatic heterocycles. The van der Waals surface area contributed by atoms with Crippen molar-refractivity contribution in [2.24, 2.45) is 11.3 Å². The van der Waals surface area contributed by atoms with Gasteiger partial charge in [-0.05, 0) is 24.2 Å². The molecule has 0 amide bonds. The van der Waals surface area contributed by atoms with Crippen LogP contribution in [-0.2, 0) is 4.74 Å². The van der Waals surface area contributed by atoms with E-state index in [0.717, 1.165) is 18.9 Å². The Morgan fingerprint density at radius 3 is 2.60 bits per heavy atom. The summed E-state index contributed by atoms with van der Waals surface area (Å²) in [6.45, 7) is 3.36. The molecule has 2 heteroatoms. The molecular formula is C8H14O2. The fourth-order valence-electron chi connectivity index (χ4n) is 2.01. The van der Waals surface area contributed by atoms with Gasteiger partial charge in [0.2, 0.25) is 0 Å². The Hall–Kier alpha value is -0.0800. The van der Waals surface area contributed by atoms with Crippen LogP contribution in [-0.4, -0.2) is 24.4 Å². The van der Waals surface area contributed by atoms with Crippen LogP contribution in [0.2, 0.25) is 0 Å². The average Bonchev–Trinajstić information content (AvgIpc) is 2.43. The van der Waals surface area contributed by atoms with Crippen molar-refractivity contribution in [1.29, 1.82) is 0 Å². The summed E-state index contributed by atoms with van der Waals surface area (Å²) in [7, 11) is 0. The Morgan fingerprint density at radius 2 is 2.30 bits per heavy atom. The van der Waals surface area contributed by atoms with Gasteiger partial charge in [-0.2, -0.15) is 0 Å². The third-order valence-electron chi connectivity index (χ3n) is 3.04. The summed E-state index contributed by atoms with van der Waals surface area (Å²) in [4.78, 5) is 0. The van der Waals surface area contributed by atoms with Gasteiger partial charge in [-0.1, -0.05) is 6.92 Å². The van der Waals surface area contributed by atoms with Gasteiger partial charge in [-0.3, -0.25) is 0 Å². The zero-order chi connectivity index (χ0) is 7.19. The van der Waals surface area contributed by atoms with Crippen molar-refractivity contribution in [3.63, 3.8) is 0 Å². The minimum absolute atomic E-state index is 0.143. The largest absolute Gasteiger partial charge is 0.394 e. The van der Waals surface area contributed by atoms with E-state index in [-0.39, 0.29) is 12.7 Å². The highest BCUT2D eigenvalue weighted by atomic mass is 16.5. The Morgan fingerprint density at radius 1 is 1.60 bits per heavy atom. The third-order valence-corrected chi connectivity index (χ3v) is 3.04. The summed E-state index contributed by atoms with van der Waals surface area (Å²) in [5, 5.41) is 8.79. The van der Waals surface area contributed by atoms with Crippen molar-refractivity contribution >= 4 is 0 Å². The second-order valence-electron chi connectivity index (χ2n) is 3.79. The molecule has 2 aliphatic rings. The molecule has 1 aliphatic carbocycles. The lowest BCUT2D eigenvalue weighted by Gasteiger charge is -2.02. The summed E-state index contributed by atoms with van der Waals surface area (Å²) >= 11 is 0. The molecule has 0 aromatic rings. The van der Waals surface area contributed by atoms with Gasteiger partial charge in [-0.25, -0.2) is 0 Å². The Bertz CT molecular complexity index is 146. The van der Waals surface area contributed by atoms with Gasteiger partial charge >= 0.3 is 0 Å². The van der Waals surface area contributed by atoms with E-state index in [1.807, 2.05) is 0 Å². The maximum Gasteiger partial charge on any atom is 0.0812 e. The summed E-state index contributed by atoms with van der Waals surface area (Å²) < 4.78 is 5.40. The average molecular weight is 142 g/mol. The predicted molar refractivity (Wildman–Crippen MR) is 37.7 cm³/mol. The van der Waals surface area contributed by atoms with Crippen LogP contribution in [0.25, 0.3) is 0 Å². The minimum Gasteiger partial charge on any atom is -0.394 e. The van der Waals surface area contributed by atoms with Crippen LogP contribution in [0.4, 0.5) is 0 Å². The summed E-state index contributed by atoms with van der Waals surface area (Å²) in [5.41, 5.74) is 0.493. The van der Waals surface area contributed by atoms with E-state index >= 15 is 0 Å². The molecule has 0 radical (unpaired) electrons. The van der Waals surface area contributed by atoms with E-state index < -0.39 is 0 Å². The van der Waals surface area contributed by atoms with Gasteiger partial charge in [0.05, 0.1) is 19.3 Å². The highest BCUT2D eigenvalue weighted by Crippen LogP contribution is 2.58. The number of hydrogen-bond acceptors (Lipinski definition) is 2. The first-order valence-corrected chi connectivity index (χ1v) is 3.99. The fourth-order valence-corrected chi connectivity index (χ4v) is 2.01. The van der Waals surface area contributed by atoms with Crippen LogP contribution < -0.4 is 0 Å². The van der Waals surface area contributed by atoms with Gasteiger partial charge in [0.25, 0.3) is 0 Å². The smallest absolute Gasteiger partial charge is 0.0812 e. The number of aliphatic hydroxyl groups is 1. The van der Waals surface area contributed by atoms with Crippen LogP contribution >= 0.6 is 0 Å². The molecule has 1 heterocycles. The van der Waals surface area contributed by atoms with Gasteiger partial charge in [-0.15, -0.1) is 0 Å². The molecule has 0 aromatic carbocycles. The molecule has 2 fully saturated rings. The lowest BCUT2D eigenvalue weighted by atomic mass is 10.0. The number of rotatable bonds is 1. The lowest BCUT2D eigenvalue weighted by molar-refractivity contribution is 0.0563. The van der Waals surface area contributed by atoms with Crippen LogP contribution in [0.3, 0.4) is 0 Å². The number of aliphatic hydroxyl groups excluding tert-OH is 1. The zero-order valence-corrected chi connectivity index (χ0v) is 6.34. The molecule has 3 atom stereocenters. The summed E-state index contributed by atoms with van der Waals surface area (Å²) in [6, 6.07) is 0. The quantitative estimate of drug-likeness (QED) is 0.586. The monoisotopic (exact) mass is 142 g/mol. The van der Waals surface area contributed by atoms with Crippen molar-refractivity contribution < 1.29 is 9.84 Å². The van der Waals surface area contributed by atoms with Crippen molar-refractivity contribution in [1.82, 2.24) is 0 Å². The zero-order valence-electron chi connectivity index (χ0n) is 6.34. The second kappa shape index (κ2) is 1.95. The molecular weight excluding hydrogens is 128 g/mol. The first-order valence-electron chi connectivity index (χ1n) is 3.99. The number of hydrogen-bond donors (Lipinski definition) is 1. The van der Waals surface area contributed by atoms with Crippen LogP contribution in [0.1, 0.15) is 19.8 Å². The van der Waals surface area contributed by atoms with Gasteiger partial charge in [0.1, 0.15) is 0 Å². The Labute approximate surface area is 61.2 Å². The Balaban J connectivity index is 1.95. The Kier molecular flexibility index (Phi) is 1.29. The van der Waals surface area contributed by atoms with Crippen molar-refractivity contribution in [3.8, 4) is 0 Å².